The smallest absolute Gasteiger partial charge is 0.253 e. The number of nitrogens with zero attached hydrogens (tertiary/aromatic N) is 3. The van der Waals surface area contributed by atoms with Crippen LogP contribution in [0.2, 0.25) is 0 Å². The number of rotatable bonds is 1. The van der Waals surface area contributed by atoms with E-state index in [9.17, 15) is 4.79 Å². The molecule has 102 valence electrons. The zero-order chi connectivity index (χ0) is 13.6. The van der Waals surface area contributed by atoms with E-state index in [1.54, 1.807) is 22.0 Å². The maximum atomic E-state index is 12.1. The first-order valence-corrected chi connectivity index (χ1v) is 7.63. The Morgan fingerprint density at radius 1 is 1.42 bits per heavy atom. The fourth-order valence-corrected chi connectivity index (χ4v) is 3.76. The van der Waals surface area contributed by atoms with Gasteiger partial charge >= 0.3 is 0 Å². The molecule has 0 spiro atoms. The first-order valence-electron chi connectivity index (χ1n) is 6.81. The summed E-state index contributed by atoms with van der Waals surface area (Å²) in [7, 11) is 1.83. The summed E-state index contributed by atoms with van der Waals surface area (Å²) in [4.78, 5) is 20.1. The molecule has 1 saturated heterocycles. The molecule has 0 saturated carbocycles. The highest BCUT2D eigenvalue weighted by Gasteiger charge is 2.23. The fourth-order valence-electron chi connectivity index (χ4n) is 2.87. The van der Waals surface area contributed by atoms with Gasteiger partial charge in [0, 0.05) is 25.7 Å². The van der Waals surface area contributed by atoms with E-state index in [-0.39, 0.29) is 5.56 Å². The van der Waals surface area contributed by atoms with Crippen LogP contribution in [0.25, 0.3) is 10.3 Å². The van der Waals surface area contributed by atoms with Crippen LogP contribution in [0.15, 0.2) is 10.9 Å². The summed E-state index contributed by atoms with van der Waals surface area (Å²) in [5.41, 5.74) is 2.07. The highest BCUT2D eigenvalue weighted by molar-refractivity contribution is 7.18. The largest absolute Gasteiger partial charge is 0.367 e. The molecule has 3 rings (SSSR count). The fraction of sp³-hybridized carbons (Fsp3) is 0.571. The molecule has 1 aliphatic rings. The predicted octanol–water partition coefficient (Wildman–Crippen LogP) is 2.68. The number of aromatic nitrogens is 2. The minimum Gasteiger partial charge on any atom is -0.367 e. The van der Waals surface area contributed by atoms with E-state index in [2.05, 4.69) is 16.8 Å². The third-order valence-electron chi connectivity index (χ3n) is 3.97. The second-order valence-electron chi connectivity index (χ2n) is 5.35. The maximum Gasteiger partial charge on any atom is 0.253 e. The van der Waals surface area contributed by atoms with Gasteiger partial charge in [0.05, 0.1) is 10.7 Å². The molecule has 1 atom stereocenters. The van der Waals surface area contributed by atoms with Gasteiger partial charge in [0.25, 0.3) is 5.56 Å². The van der Waals surface area contributed by atoms with Crippen LogP contribution in [0, 0.1) is 6.92 Å². The van der Waals surface area contributed by atoms with Gasteiger partial charge in [-0.2, -0.15) is 0 Å². The molecule has 1 unspecified atom stereocenters. The van der Waals surface area contributed by atoms with Crippen molar-refractivity contribution in [3.63, 3.8) is 0 Å². The first kappa shape index (κ1) is 12.7. The SMILES string of the molecule is Cc1nc2c(N3CCCCC3C)cc(=O)n(C)c2s1. The molecular formula is C14H19N3OS. The summed E-state index contributed by atoms with van der Waals surface area (Å²) in [5, 5.41) is 1.02. The van der Waals surface area contributed by atoms with Gasteiger partial charge in [-0.1, -0.05) is 0 Å². The summed E-state index contributed by atoms with van der Waals surface area (Å²) >= 11 is 1.60. The predicted molar refractivity (Wildman–Crippen MR) is 80.3 cm³/mol. The van der Waals surface area contributed by atoms with Crippen LogP contribution in [0.5, 0.6) is 0 Å². The quantitative estimate of drug-likeness (QED) is 0.804. The number of thiazole rings is 1. The number of anilines is 1. The third kappa shape index (κ3) is 2.06. The lowest BCUT2D eigenvalue weighted by atomic mass is 10.0. The molecule has 0 bridgehead atoms. The molecule has 4 nitrogen and oxygen atoms in total. The number of hydrogen-bond donors (Lipinski definition) is 0. The summed E-state index contributed by atoms with van der Waals surface area (Å²) < 4.78 is 1.71. The minimum atomic E-state index is 0.0592. The molecule has 0 aliphatic carbocycles. The number of hydrogen-bond acceptors (Lipinski definition) is 4. The molecule has 5 heteroatoms. The molecule has 0 amide bonds. The van der Waals surface area contributed by atoms with Crippen molar-refractivity contribution in [1.82, 2.24) is 9.55 Å². The zero-order valence-corrected chi connectivity index (χ0v) is 12.5. The number of fused-ring (bicyclic) bond motifs is 1. The van der Waals surface area contributed by atoms with Gasteiger partial charge < -0.3 is 9.47 Å². The van der Waals surface area contributed by atoms with Crippen LogP contribution in [0.4, 0.5) is 5.69 Å². The Morgan fingerprint density at radius 2 is 2.21 bits per heavy atom. The van der Waals surface area contributed by atoms with Gasteiger partial charge in [-0.3, -0.25) is 4.79 Å². The van der Waals surface area contributed by atoms with Crippen molar-refractivity contribution in [1.29, 1.82) is 0 Å². The second-order valence-corrected chi connectivity index (χ2v) is 6.53. The molecule has 2 aromatic heterocycles. The van der Waals surface area contributed by atoms with Crippen LogP contribution in [0.1, 0.15) is 31.2 Å². The number of aryl methyl sites for hydroxylation is 2. The molecular weight excluding hydrogens is 258 g/mol. The van der Waals surface area contributed by atoms with Crippen LogP contribution in [-0.2, 0) is 7.05 Å². The summed E-state index contributed by atoms with van der Waals surface area (Å²) in [6.45, 7) is 5.26. The van der Waals surface area contributed by atoms with E-state index in [4.69, 9.17) is 0 Å². The van der Waals surface area contributed by atoms with Crippen molar-refractivity contribution in [2.75, 3.05) is 11.4 Å². The molecule has 3 heterocycles. The zero-order valence-electron chi connectivity index (χ0n) is 11.6. The van der Waals surface area contributed by atoms with E-state index in [1.807, 2.05) is 14.0 Å². The Morgan fingerprint density at radius 3 is 2.95 bits per heavy atom. The molecule has 0 aromatic carbocycles. The lowest BCUT2D eigenvalue weighted by Gasteiger charge is -2.35. The highest BCUT2D eigenvalue weighted by atomic mass is 32.1. The average molecular weight is 277 g/mol. The van der Waals surface area contributed by atoms with E-state index in [0.29, 0.717) is 6.04 Å². The Kier molecular flexibility index (Phi) is 3.09. The van der Waals surface area contributed by atoms with Crippen LogP contribution < -0.4 is 10.5 Å². The van der Waals surface area contributed by atoms with E-state index < -0.39 is 0 Å². The Bertz CT molecular complexity index is 673. The lowest BCUT2D eigenvalue weighted by Crippen LogP contribution is -2.38. The summed E-state index contributed by atoms with van der Waals surface area (Å²) in [5.74, 6) is 0. The normalized spacial score (nSPS) is 20.2. The van der Waals surface area contributed by atoms with Crippen molar-refractivity contribution in [3.05, 3.63) is 21.4 Å². The number of pyridine rings is 1. The van der Waals surface area contributed by atoms with Crippen LogP contribution in [-0.4, -0.2) is 22.1 Å². The van der Waals surface area contributed by atoms with Gasteiger partial charge in [0.1, 0.15) is 10.3 Å². The number of piperidine rings is 1. The minimum absolute atomic E-state index is 0.0592. The van der Waals surface area contributed by atoms with Gasteiger partial charge in [-0.15, -0.1) is 11.3 Å². The first-order chi connectivity index (χ1) is 9.08. The highest BCUT2D eigenvalue weighted by Crippen LogP contribution is 2.32. The van der Waals surface area contributed by atoms with Gasteiger partial charge in [0.15, 0.2) is 0 Å². The molecule has 1 aliphatic heterocycles. The summed E-state index contributed by atoms with van der Waals surface area (Å²) in [6.07, 6.45) is 3.67. The van der Waals surface area contributed by atoms with E-state index in [1.165, 1.54) is 19.3 Å². The Labute approximate surface area is 116 Å². The molecule has 19 heavy (non-hydrogen) atoms. The van der Waals surface area contributed by atoms with Crippen LogP contribution >= 0.6 is 11.3 Å². The van der Waals surface area contributed by atoms with Crippen molar-refractivity contribution in [2.24, 2.45) is 7.05 Å². The average Bonchev–Trinajstić information content (AvgIpc) is 2.77. The molecule has 0 radical (unpaired) electrons. The standard InChI is InChI=1S/C14H19N3OS/c1-9-6-4-5-7-17(9)11-8-12(18)16(3)14-13(11)15-10(2)19-14/h8-9H,4-7H2,1-3H3. The van der Waals surface area contributed by atoms with Crippen molar-refractivity contribution >= 4 is 27.4 Å². The summed E-state index contributed by atoms with van der Waals surface area (Å²) in [6, 6.07) is 2.25. The van der Waals surface area contributed by atoms with Crippen molar-refractivity contribution < 1.29 is 0 Å². The second kappa shape index (κ2) is 4.63. The Balaban J connectivity index is 2.22. The monoisotopic (exact) mass is 277 g/mol. The van der Waals surface area contributed by atoms with Gasteiger partial charge in [-0.25, -0.2) is 4.98 Å². The van der Waals surface area contributed by atoms with E-state index >= 15 is 0 Å². The van der Waals surface area contributed by atoms with Gasteiger partial charge in [0.2, 0.25) is 0 Å². The topological polar surface area (TPSA) is 38.1 Å². The van der Waals surface area contributed by atoms with Crippen LogP contribution in [0.3, 0.4) is 0 Å². The van der Waals surface area contributed by atoms with E-state index in [0.717, 1.165) is 27.6 Å². The Hall–Kier alpha value is -1.36. The van der Waals surface area contributed by atoms with Gasteiger partial charge in [-0.05, 0) is 33.1 Å². The molecule has 1 fully saturated rings. The van der Waals surface area contributed by atoms with Crippen molar-refractivity contribution in [3.8, 4) is 0 Å². The molecule has 0 N–H and O–H groups in total. The van der Waals surface area contributed by atoms with Crippen molar-refractivity contribution in [2.45, 2.75) is 39.2 Å². The lowest BCUT2D eigenvalue weighted by molar-refractivity contribution is 0.485. The maximum absolute atomic E-state index is 12.1. The molecule has 2 aromatic rings. The third-order valence-corrected chi connectivity index (χ3v) is 5.01.